The van der Waals surface area contributed by atoms with E-state index >= 15 is 0 Å². The van der Waals surface area contributed by atoms with Gasteiger partial charge in [-0.1, -0.05) is 23.7 Å². The van der Waals surface area contributed by atoms with Gasteiger partial charge in [0.15, 0.2) is 0 Å². The Kier molecular flexibility index (Phi) is 5.53. The minimum atomic E-state index is -1.26. The summed E-state index contributed by atoms with van der Waals surface area (Å²) in [6.07, 6.45) is 0.907. The first kappa shape index (κ1) is 20.8. The fourth-order valence-corrected chi connectivity index (χ4v) is 3.93. The first-order chi connectivity index (χ1) is 14.3. The van der Waals surface area contributed by atoms with Crippen LogP contribution in [-0.2, 0) is 4.79 Å². The molecule has 8 heteroatoms. The summed E-state index contributed by atoms with van der Waals surface area (Å²) in [6.45, 7) is 0.455. The number of benzene rings is 2. The van der Waals surface area contributed by atoms with E-state index in [0.717, 1.165) is 0 Å². The monoisotopic (exact) mass is 432 g/mol. The molecule has 1 atom stereocenters. The molecule has 6 nitrogen and oxygen atoms in total. The SMILES string of the molecule is O=C(c1ccc(-c2ccc(Cl)cc2F)cc1)N1CCN(C(=O)C2(O)CC2)C[C@@H]1CO. The number of carbonyl (C=O) groups is 2. The third-order valence-electron chi connectivity index (χ3n) is 5.74. The minimum absolute atomic E-state index is 0.178. The molecular weight excluding hydrogens is 411 g/mol. The summed E-state index contributed by atoms with van der Waals surface area (Å²) in [5.74, 6) is -1.04. The Morgan fingerprint density at radius 2 is 1.83 bits per heavy atom. The Labute approximate surface area is 178 Å². The predicted molar refractivity (Wildman–Crippen MR) is 110 cm³/mol. The van der Waals surface area contributed by atoms with Crippen LogP contribution in [0, 0.1) is 5.82 Å². The highest BCUT2D eigenvalue weighted by Gasteiger charge is 2.51. The van der Waals surface area contributed by atoms with Gasteiger partial charge in [-0.25, -0.2) is 4.39 Å². The van der Waals surface area contributed by atoms with Gasteiger partial charge >= 0.3 is 0 Å². The molecule has 2 aromatic carbocycles. The molecule has 2 aromatic rings. The number of hydrogen-bond acceptors (Lipinski definition) is 4. The number of aliphatic hydroxyl groups excluding tert-OH is 1. The van der Waals surface area contributed by atoms with Gasteiger partial charge in [0, 0.05) is 35.8 Å². The van der Waals surface area contributed by atoms with E-state index in [0.29, 0.717) is 41.1 Å². The molecule has 4 rings (SSSR count). The number of piperazine rings is 1. The molecule has 1 saturated heterocycles. The Bertz CT molecular complexity index is 978. The first-order valence-electron chi connectivity index (χ1n) is 9.81. The number of hydrogen-bond donors (Lipinski definition) is 2. The van der Waals surface area contributed by atoms with Crippen LogP contribution < -0.4 is 0 Å². The number of aliphatic hydroxyl groups is 2. The lowest BCUT2D eigenvalue weighted by atomic mass is 10.0. The number of amides is 2. The van der Waals surface area contributed by atoms with Crippen molar-refractivity contribution < 1.29 is 24.2 Å². The van der Waals surface area contributed by atoms with E-state index in [9.17, 15) is 24.2 Å². The van der Waals surface area contributed by atoms with Crippen molar-refractivity contribution in [3.8, 4) is 11.1 Å². The lowest BCUT2D eigenvalue weighted by Crippen LogP contribution is -2.59. The molecule has 1 aliphatic carbocycles. The summed E-state index contributed by atoms with van der Waals surface area (Å²) in [4.78, 5) is 28.4. The van der Waals surface area contributed by atoms with Crippen molar-refractivity contribution in [2.24, 2.45) is 0 Å². The van der Waals surface area contributed by atoms with Gasteiger partial charge < -0.3 is 20.0 Å². The van der Waals surface area contributed by atoms with Crippen molar-refractivity contribution in [1.29, 1.82) is 0 Å². The maximum atomic E-state index is 14.1. The summed E-state index contributed by atoms with van der Waals surface area (Å²) < 4.78 is 14.1. The van der Waals surface area contributed by atoms with Gasteiger partial charge in [-0.15, -0.1) is 0 Å². The molecule has 30 heavy (non-hydrogen) atoms. The van der Waals surface area contributed by atoms with E-state index in [2.05, 4.69) is 0 Å². The Hall–Kier alpha value is -2.48. The molecule has 2 fully saturated rings. The molecule has 2 amide bonds. The van der Waals surface area contributed by atoms with E-state index < -0.39 is 17.5 Å². The van der Waals surface area contributed by atoms with E-state index in [1.165, 1.54) is 11.0 Å². The molecule has 0 aromatic heterocycles. The highest BCUT2D eigenvalue weighted by molar-refractivity contribution is 6.30. The van der Waals surface area contributed by atoms with Crippen LogP contribution in [0.15, 0.2) is 42.5 Å². The number of carbonyl (C=O) groups excluding carboxylic acids is 2. The average molecular weight is 433 g/mol. The average Bonchev–Trinajstić information content (AvgIpc) is 3.51. The van der Waals surface area contributed by atoms with Gasteiger partial charge in [-0.3, -0.25) is 9.59 Å². The van der Waals surface area contributed by atoms with Gasteiger partial charge in [0.05, 0.1) is 12.6 Å². The molecule has 1 saturated carbocycles. The number of rotatable bonds is 4. The van der Waals surface area contributed by atoms with Gasteiger partial charge in [-0.05, 0) is 48.7 Å². The second-order valence-corrected chi connectivity index (χ2v) is 8.26. The van der Waals surface area contributed by atoms with Crippen molar-refractivity contribution in [1.82, 2.24) is 9.80 Å². The second-order valence-electron chi connectivity index (χ2n) is 7.82. The van der Waals surface area contributed by atoms with Gasteiger partial charge in [0.1, 0.15) is 11.4 Å². The van der Waals surface area contributed by atoms with Crippen molar-refractivity contribution in [3.63, 3.8) is 0 Å². The van der Waals surface area contributed by atoms with Gasteiger partial charge in [0.2, 0.25) is 0 Å². The van der Waals surface area contributed by atoms with E-state index in [1.807, 2.05) is 0 Å². The minimum Gasteiger partial charge on any atom is -0.394 e. The third kappa shape index (κ3) is 3.93. The maximum absolute atomic E-state index is 14.1. The van der Waals surface area contributed by atoms with Crippen molar-refractivity contribution in [3.05, 3.63) is 58.9 Å². The molecule has 0 bridgehead atoms. The highest BCUT2D eigenvalue weighted by atomic mass is 35.5. The van der Waals surface area contributed by atoms with E-state index in [1.54, 1.807) is 41.3 Å². The highest BCUT2D eigenvalue weighted by Crippen LogP contribution is 2.37. The van der Waals surface area contributed by atoms with Gasteiger partial charge in [-0.2, -0.15) is 0 Å². The fraction of sp³-hybridized carbons (Fsp3) is 0.364. The Morgan fingerprint density at radius 1 is 1.13 bits per heavy atom. The van der Waals surface area contributed by atoms with E-state index in [4.69, 9.17) is 11.6 Å². The van der Waals surface area contributed by atoms with E-state index in [-0.39, 0.29) is 31.5 Å². The lowest BCUT2D eigenvalue weighted by Gasteiger charge is -2.41. The summed E-state index contributed by atoms with van der Waals surface area (Å²) in [5.41, 5.74) is 0.148. The summed E-state index contributed by atoms with van der Waals surface area (Å²) in [7, 11) is 0. The van der Waals surface area contributed by atoms with Crippen molar-refractivity contribution in [2.45, 2.75) is 24.5 Å². The van der Waals surface area contributed by atoms with Crippen LogP contribution in [-0.4, -0.2) is 69.7 Å². The molecule has 1 aliphatic heterocycles. The molecule has 0 unspecified atom stereocenters. The van der Waals surface area contributed by atoms with Crippen LogP contribution in [0.4, 0.5) is 4.39 Å². The second kappa shape index (κ2) is 7.98. The summed E-state index contributed by atoms with van der Waals surface area (Å²) in [5, 5.41) is 20.1. The normalized spacial score (nSPS) is 20.2. The van der Waals surface area contributed by atoms with Crippen LogP contribution in [0.1, 0.15) is 23.2 Å². The van der Waals surface area contributed by atoms with Crippen LogP contribution in [0.3, 0.4) is 0 Å². The number of halogens is 2. The lowest BCUT2D eigenvalue weighted by molar-refractivity contribution is -0.145. The fourth-order valence-electron chi connectivity index (χ4n) is 3.77. The quantitative estimate of drug-likeness (QED) is 0.777. The van der Waals surface area contributed by atoms with Crippen LogP contribution in [0.2, 0.25) is 5.02 Å². The summed E-state index contributed by atoms with van der Waals surface area (Å²) >= 11 is 5.79. The molecule has 2 N–H and O–H groups in total. The first-order valence-corrected chi connectivity index (χ1v) is 10.2. The van der Waals surface area contributed by atoms with Crippen molar-refractivity contribution in [2.75, 3.05) is 26.2 Å². The zero-order valence-corrected chi connectivity index (χ0v) is 17.0. The van der Waals surface area contributed by atoms with Crippen LogP contribution in [0.25, 0.3) is 11.1 Å². The molecule has 0 spiro atoms. The maximum Gasteiger partial charge on any atom is 0.254 e. The molecular formula is C22H22ClFN2O4. The molecule has 2 aliphatic rings. The molecule has 1 heterocycles. The predicted octanol–water partition coefficient (Wildman–Crippen LogP) is 2.32. The topological polar surface area (TPSA) is 81.1 Å². The van der Waals surface area contributed by atoms with Gasteiger partial charge in [0.25, 0.3) is 11.8 Å². The Balaban J connectivity index is 1.48. The van der Waals surface area contributed by atoms with Crippen LogP contribution >= 0.6 is 11.6 Å². The molecule has 0 radical (unpaired) electrons. The van der Waals surface area contributed by atoms with Crippen molar-refractivity contribution >= 4 is 23.4 Å². The molecule has 158 valence electrons. The third-order valence-corrected chi connectivity index (χ3v) is 5.97. The zero-order chi connectivity index (χ0) is 21.5. The smallest absolute Gasteiger partial charge is 0.254 e. The zero-order valence-electron chi connectivity index (χ0n) is 16.2. The standard InChI is InChI=1S/C22H22ClFN2O4/c23-16-5-6-18(19(24)11-16)14-1-3-15(4-2-14)20(28)26-10-9-25(12-17(26)13-27)21(29)22(30)7-8-22/h1-6,11,17,27,30H,7-10,12-13H2/t17-/m1/s1. The summed E-state index contributed by atoms with van der Waals surface area (Å²) in [6, 6.07) is 10.4. The van der Waals surface area contributed by atoms with Crippen LogP contribution in [0.5, 0.6) is 0 Å². The largest absolute Gasteiger partial charge is 0.394 e. The number of nitrogens with zero attached hydrogens (tertiary/aromatic N) is 2. The Morgan fingerprint density at radius 3 is 2.43 bits per heavy atom.